The second kappa shape index (κ2) is 4.45. The van der Waals surface area contributed by atoms with E-state index in [1.165, 1.54) is 12.1 Å². The third-order valence-corrected chi connectivity index (χ3v) is 2.23. The number of hydrogen-bond acceptors (Lipinski definition) is 2. The molecule has 0 aliphatic heterocycles. The maximum atomic E-state index is 12.7. The standard InChI is InChI=1S/C11H9ClFNO/c12-6-5-10-7-11(14-15-10)8-1-3-9(13)4-2-8/h1-4,7H,5-6H2. The zero-order valence-electron chi connectivity index (χ0n) is 7.91. The first-order valence-corrected chi connectivity index (χ1v) is 5.10. The Hall–Kier alpha value is -1.35. The second-order valence-electron chi connectivity index (χ2n) is 3.12. The molecule has 1 aromatic heterocycles. The van der Waals surface area contributed by atoms with Crippen molar-refractivity contribution >= 4 is 11.6 Å². The Morgan fingerprint density at radius 2 is 2.00 bits per heavy atom. The Balaban J connectivity index is 2.25. The van der Waals surface area contributed by atoms with Crippen LogP contribution in [0.25, 0.3) is 11.3 Å². The zero-order valence-corrected chi connectivity index (χ0v) is 8.67. The highest BCUT2D eigenvalue weighted by atomic mass is 35.5. The summed E-state index contributed by atoms with van der Waals surface area (Å²) in [6, 6.07) is 7.93. The van der Waals surface area contributed by atoms with E-state index < -0.39 is 0 Å². The van der Waals surface area contributed by atoms with Crippen LogP contribution in [-0.2, 0) is 6.42 Å². The van der Waals surface area contributed by atoms with Gasteiger partial charge in [-0.3, -0.25) is 0 Å². The van der Waals surface area contributed by atoms with Crippen molar-refractivity contribution in [1.82, 2.24) is 5.16 Å². The van der Waals surface area contributed by atoms with Gasteiger partial charge < -0.3 is 4.52 Å². The highest BCUT2D eigenvalue weighted by molar-refractivity contribution is 6.17. The summed E-state index contributed by atoms with van der Waals surface area (Å²) in [7, 11) is 0. The van der Waals surface area contributed by atoms with E-state index in [2.05, 4.69) is 5.16 Å². The first kappa shape index (κ1) is 10.2. The predicted molar refractivity (Wildman–Crippen MR) is 56.3 cm³/mol. The predicted octanol–water partition coefficient (Wildman–Crippen LogP) is 3.26. The van der Waals surface area contributed by atoms with Crippen molar-refractivity contribution in [2.24, 2.45) is 0 Å². The molecule has 1 aromatic carbocycles. The van der Waals surface area contributed by atoms with Crippen molar-refractivity contribution in [2.75, 3.05) is 5.88 Å². The molecule has 4 heteroatoms. The van der Waals surface area contributed by atoms with Gasteiger partial charge in [-0.25, -0.2) is 4.39 Å². The van der Waals surface area contributed by atoms with E-state index in [1.54, 1.807) is 12.1 Å². The number of nitrogens with zero attached hydrogens (tertiary/aromatic N) is 1. The summed E-state index contributed by atoms with van der Waals surface area (Å²) in [6.45, 7) is 0. The molecule has 0 saturated carbocycles. The molecule has 0 fully saturated rings. The minimum atomic E-state index is -0.261. The van der Waals surface area contributed by atoms with Crippen LogP contribution >= 0.6 is 11.6 Å². The summed E-state index contributed by atoms with van der Waals surface area (Å²) >= 11 is 5.57. The topological polar surface area (TPSA) is 26.0 Å². The molecule has 2 nitrogen and oxygen atoms in total. The number of benzene rings is 1. The highest BCUT2D eigenvalue weighted by Gasteiger charge is 2.05. The maximum Gasteiger partial charge on any atom is 0.138 e. The highest BCUT2D eigenvalue weighted by Crippen LogP contribution is 2.19. The molecule has 0 N–H and O–H groups in total. The third kappa shape index (κ3) is 2.36. The normalized spacial score (nSPS) is 10.5. The van der Waals surface area contributed by atoms with Gasteiger partial charge in [0.1, 0.15) is 17.3 Å². The number of alkyl halides is 1. The van der Waals surface area contributed by atoms with E-state index >= 15 is 0 Å². The summed E-state index contributed by atoms with van der Waals surface area (Å²) in [6.07, 6.45) is 0.649. The first-order chi connectivity index (χ1) is 7.29. The Morgan fingerprint density at radius 3 is 2.67 bits per heavy atom. The molecule has 0 unspecified atom stereocenters. The third-order valence-electron chi connectivity index (χ3n) is 2.04. The molecule has 0 aliphatic rings. The van der Waals surface area contributed by atoms with E-state index in [-0.39, 0.29) is 5.82 Å². The lowest BCUT2D eigenvalue weighted by Gasteiger charge is -1.93. The minimum absolute atomic E-state index is 0.261. The van der Waals surface area contributed by atoms with Crippen LogP contribution in [0.1, 0.15) is 5.76 Å². The molecule has 0 amide bonds. The molecule has 0 bridgehead atoms. The van der Waals surface area contributed by atoms with Crippen LogP contribution in [0.3, 0.4) is 0 Å². The van der Waals surface area contributed by atoms with Crippen molar-refractivity contribution in [2.45, 2.75) is 6.42 Å². The number of hydrogen-bond donors (Lipinski definition) is 0. The fourth-order valence-corrected chi connectivity index (χ4v) is 1.47. The lowest BCUT2D eigenvalue weighted by Crippen LogP contribution is -1.80. The van der Waals surface area contributed by atoms with Crippen LogP contribution in [0.15, 0.2) is 34.9 Å². The lowest BCUT2D eigenvalue weighted by molar-refractivity contribution is 0.389. The van der Waals surface area contributed by atoms with Gasteiger partial charge in [-0.05, 0) is 24.3 Å². The number of aryl methyl sites for hydroxylation is 1. The van der Waals surface area contributed by atoms with E-state index in [0.717, 1.165) is 11.3 Å². The minimum Gasteiger partial charge on any atom is -0.361 e. The zero-order chi connectivity index (χ0) is 10.7. The summed E-state index contributed by atoms with van der Waals surface area (Å²) in [4.78, 5) is 0. The second-order valence-corrected chi connectivity index (χ2v) is 3.50. The van der Waals surface area contributed by atoms with Gasteiger partial charge in [0.25, 0.3) is 0 Å². The number of halogens is 2. The summed E-state index contributed by atoms with van der Waals surface area (Å²) < 4.78 is 17.7. The summed E-state index contributed by atoms with van der Waals surface area (Å²) in [5, 5.41) is 3.88. The maximum absolute atomic E-state index is 12.7. The van der Waals surface area contributed by atoms with Crippen LogP contribution in [0.5, 0.6) is 0 Å². The quantitative estimate of drug-likeness (QED) is 0.750. The van der Waals surface area contributed by atoms with Gasteiger partial charge in [-0.1, -0.05) is 5.16 Å². The van der Waals surface area contributed by atoms with Gasteiger partial charge in [0.05, 0.1) is 0 Å². The van der Waals surface area contributed by atoms with Crippen molar-refractivity contribution in [3.8, 4) is 11.3 Å². The van der Waals surface area contributed by atoms with Gasteiger partial charge in [-0.15, -0.1) is 11.6 Å². The molecular formula is C11H9ClFNO. The van der Waals surface area contributed by atoms with Crippen molar-refractivity contribution in [3.05, 3.63) is 41.9 Å². The lowest BCUT2D eigenvalue weighted by atomic mass is 10.1. The monoisotopic (exact) mass is 225 g/mol. The Morgan fingerprint density at radius 1 is 1.27 bits per heavy atom. The van der Waals surface area contributed by atoms with Crippen molar-refractivity contribution in [3.63, 3.8) is 0 Å². The SMILES string of the molecule is Fc1ccc(-c2cc(CCCl)on2)cc1. The molecule has 0 radical (unpaired) electrons. The average Bonchev–Trinajstić information content (AvgIpc) is 2.68. The molecule has 15 heavy (non-hydrogen) atoms. The van der Waals surface area contributed by atoms with Crippen LogP contribution in [0, 0.1) is 5.82 Å². The Labute approximate surface area is 91.7 Å². The summed E-state index contributed by atoms with van der Waals surface area (Å²) in [5.41, 5.74) is 1.54. The van der Waals surface area contributed by atoms with Crippen LogP contribution in [-0.4, -0.2) is 11.0 Å². The Bertz CT molecular complexity index is 438. The fraction of sp³-hybridized carbons (Fsp3) is 0.182. The molecule has 2 aromatic rings. The number of aromatic nitrogens is 1. The molecular weight excluding hydrogens is 217 g/mol. The molecule has 0 spiro atoms. The van der Waals surface area contributed by atoms with Crippen LogP contribution in [0.4, 0.5) is 4.39 Å². The molecule has 0 atom stereocenters. The molecule has 0 saturated heterocycles. The molecule has 0 aliphatic carbocycles. The molecule has 78 valence electrons. The smallest absolute Gasteiger partial charge is 0.138 e. The average molecular weight is 226 g/mol. The van der Waals surface area contributed by atoms with E-state index in [1.807, 2.05) is 6.07 Å². The Kier molecular flexibility index (Phi) is 3.02. The van der Waals surface area contributed by atoms with Gasteiger partial charge in [0.15, 0.2) is 0 Å². The van der Waals surface area contributed by atoms with E-state index in [0.29, 0.717) is 18.0 Å². The van der Waals surface area contributed by atoms with Crippen molar-refractivity contribution in [1.29, 1.82) is 0 Å². The molecule has 2 rings (SSSR count). The van der Waals surface area contributed by atoms with Gasteiger partial charge in [0, 0.05) is 23.9 Å². The van der Waals surface area contributed by atoms with Gasteiger partial charge >= 0.3 is 0 Å². The van der Waals surface area contributed by atoms with Crippen molar-refractivity contribution < 1.29 is 8.91 Å². The van der Waals surface area contributed by atoms with Crippen LogP contribution < -0.4 is 0 Å². The fourth-order valence-electron chi connectivity index (χ4n) is 1.28. The molecule has 1 heterocycles. The van der Waals surface area contributed by atoms with E-state index in [9.17, 15) is 4.39 Å². The van der Waals surface area contributed by atoms with Gasteiger partial charge in [0.2, 0.25) is 0 Å². The summed E-state index contributed by atoms with van der Waals surface area (Å²) in [5.74, 6) is 0.977. The largest absolute Gasteiger partial charge is 0.361 e. The van der Waals surface area contributed by atoms with E-state index in [4.69, 9.17) is 16.1 Å². The number of rotatable bonds is 3. The van der Waals surface area contributed by atoms with Crippen LogP contribution in [0.2, 0.25) is 0 Å². The van der Waals surface area contributed by atoms with Gasteiger partial charge in [-0.2, -0.15) is 0 Å². The first-order valence-electron chi connectivity index (χ1n) is 4.57.